The van der Waals surface area contributed by atoms with Crippen LogP contribution >= 0.6 is 0 Å². The van der Waals surface area contributed by atoms with Crippen LogP contribution in [0.15, 0.2) is 55.1 Å². The maximum absolute atomic E-state index is 11.8. The first-order valence-corrected chi connectivity index (χ1v) is 7.09. The summed E-state index contributed by atoms with van der Waals surface area (Å²) in [6.45, 7) is 1.02. The van der Waals surface area contributed by atoms with Gasteiger partial charge in [-0.25, -0.2) is 4.68 Å². The summed E-state index contributed by atoms with van der Waals surface area (Å²) < 4.78 is 1.63. The molecule has 3 heterocycles. The van der Waals surface area contributed by atoms with Crippen LogP contribution in [0.5, 0.6) is 0 Å². The van der Waals surface area contributed by atoms with E-state index in [-0.39, 0.29) is 5.91 Å². The first-order chi connectivity index (χ1) is 11.3. The van der Waals surface area contributed by atoms with Crippen molar-refractivity contribution in [1.29, 1.82) is 0 Å². The Kier molecular flexibility index (Phi) is 4.53. The minimum absolute atomic E-state index is 0.130. The molecule has 3 aromatic heterocycles. The molecule has 0 saturated carbocycles. The maximum atomic E-state index is 11.8. The van der Waals surface area contributed by atoms with Gasteiger partial charge >= 0.3 is 0 Å². The highest BCUT2D eigenvalue weighted by Crippen LogP contribution is 2.04. The second-order valence-electron chi connectivity index (χ2n) is 4.65. The molecule has 0 spiro atoms. The first-order valence-electron chi connectivity index (χ1n) is 7.09. The molecule has 3 rings (SSSR count). The molecule has 0 aromatic carbocycles. The van der Waals surface area contributed by atoms with E-state index in [9.17, 15) is 4.79 Å². The van der Waals surface area contributed by atoms with Crippen molar-refractivity contribution in [1.82, 2.24) is 30.3 Å². The summed E-state index contributed by atoms with van der Waals surface area (Å²) in [5.41, 5.74) is 0.586. The van der Waals surface area contributed by atoms with E-state index in [0.29, 0.717) is 30.3 Å². The van der Waals surface area contributed by atoms with Gasteiger partial charge in [0.1, 0.15) is 5.82 Å². The molecule has 2 N–H and O–H groups in total. The van der Waals surface area contributed by atoms with Crippen LogP contribution in [-0.4, -0.2) is 44.0 Å². The first kappa shape index (κ1) is 14.6. The van der Waals surface area contributed by atoms with Crippen LogP contribution in [0.3, 0.4) is 0 Å². The van der Waals surface area contributed by atoms with Crippen molar-refractivity contribution < 1.29 is 4.79 Å². The Labute approximate surface area is 132 Å². The number of pyridine rings is 1. The monoisotopic (exact) mass is 309 g/mol. The van der Waals surface area contributed by atoms with Crippen LogP contribution in [0.4, 0.5) is 5.82 Å². The summed E-state index contributed by atoms with van der Waals surface area (Å²) in [5.74, 6) is 1.15. The molecule has 8 nitrogen and oxygen atoms in total. The second-order valence-corrected chi connectivity index (χ2v) is 4.65. The van der Waals surface area contributed by atoms with E-state index in [2.05, 4.69) is 30.9 Å². The average Bonchev–Trinajstić information content (AvgIpc) is 3.14. The zero-order chi connectivity index (χ0) is 15.9. The number of carbonyl (C=O) groups is 1. The van der Waals surface area contributed by atoms with Gasteiger partial charge in [-0.15, -0.1) is 10.2 Å². The van der Waals surface area contributed by atoms with E-state index in [1.54, 1.807) is 41.6 Å². The van der Waals surface area contributed by atoms with Crippen molar-refractivity contribution in [2.75, 3.05) is 18.4 Å². The highest BCUT2D eigenvalue weighted by atomic mass is 16.1. The van der Waals surface area contributed by atoms with Crippen molar-refractivity contribution in [3.63, 3.8) is 0 Å². The van der Waals surface area contributed by atoms with Gasteiger partial charge in [0.05, 0.1) is 0 Å². The van der Waals surface area contributed by atoms with Gasteiger partial charge < -0.3 is 10.6 Å². The second kappa shape index (κ2) is 7.12. The van der Waals surface area contributed by atoms with E-state index in [1.165, 1.54) is 0 Å². The van der Waals surface area contributed by atoms with Crippen molar-refractivity contribution in [3.05, 3.63) is 60.7 Å². The number of nitrogens with zero attached hydrogens (tertiary/aromatic N) is 5. The molecule has 0 aliphatic rings. The minimum Gasteiger partial charge on any atom is -0.367 e. The maximum Gasteiger partial charge on any atom is 0.251 e. The number of hydrogen-bond acceptors (Lipinski definition) is 6. The third-order valence-corrected chi connectivity index (χ3v) is 3.05. The Balaban J connectivity index is 1.45. The summed E-state index contributed by atoms with van der Waals surface area (Å²) in [6.07, 6.45) is 6.65. The Bertz CT molecular complexity index is 741. The highest BCUT2D eigenvalue weighted by Gasteiger charge is 2.03. The zero-order valence-corrected chi connectivity index (χ0v) is 12.3. The minimum atomic E-state index is -0.130. The molecule has 3 aromatic rings. The standard InChI is InChI=1S/C15H15N7O/c23-15(12-4-7-16-8-5-12)18-10-9-17-13-2-3-14(21-20-13)22-11-1-6-19-22/h1-8,11H,9-10H2,(H,17,20)(H,18,23). The van der Waals surface area contributed by atoms with Gasteiger partial charge in [0, 0.05) is 43.4 Å². The topological polar surface area (TPSA) is 97.6 Å². The molecule has 1 amide bonds. The number of hydrogen-bond donors (Lipinski definition) is 2. The molecule has 0 fully saturated rings. The van der Waals surface area contributed by atoms with Gasteiger partial charge in [-0.2, -0.15) is 5.10 Å². The van der Waals surface area contributed by atoms with Crippen LogP contribution in [0.1, 0.15) is 10.4 Å². The van der Waals surface area contributed by atoms with Gasteiger partial charge in [0.15, 0.2) is 5.82 Å². The summed E-state index contributed by atoms with van der Waals surface area (Å²) in [6, 6.07) is 8.79. The van der Waals surface area contributed by atoms with E-state index < -0.39 is 0 Å². The fraction of sp³-hybridized carbons (Fsp3) is 0.133. The average molecular weight is 309 g/mol. The smallest absolute Gasteiger partial charge is 0.251 e. The van der Waals surface area contributed by atoms with Gasteiger partial charge in [0.25, 0.3) is 5.91 Å². The lowest BCUT2D eigenvalue weighted by Crippen LogP contribution is -2.28. The Morgan fingerprint density at radius 2 is 1.91 bits per heavy atom. The fourth-order valence-corrected chi connectivity index (χ4v) is 1.92. The Hall–Kier alpha value is -3.29. The third kappa shape index (κ3) is 3.88. The molecule has 0 saturated heterocycles. The molecule has 116 valence electrons. The van der Waals surface area contributed by atoms with E-state index in [1.807, 2.05) is 18.2 Å². The van der Waals surface area contributed by atoms with E-state index >= 15 is 0 Å². The highest BCUT2D eigenvalue weighted by molar-refractivity contribution is 5.93. The fourth-order valence-electron chi connectivity index (χ4n) is 1.92. The number of anilines is 1. The molecule has 0 bridgehead atoms. The predicted molar refractivity (Wildman–Crippen MR) is 84.2 cm³/mol. The Morgan fingerprint density at radius 1 is 1.04 bits per heavy atom. The third-order valence-electron chi connectivity index (χ3n) is 3.05. The van der Waals surface area contributed by atoms with Crippen LogP contribution in [0.25, 0.3) is 5.82 Å². The number of carbonyl (C=O) groups excluding carboxylic acids is 1. The summed E-state index contributed by atoms with van der Waals surface area (Å²) in [7, 11) is 0. The molecule has 23 heavy (non-hydrogen) atoms. The van der Waals surface area contributed by atoms with Crippen molar-refractivity contribution in [3.8, 4) is 5.82 Å². The summed E-state index contributed by atoms with van der Waals surface area (Å²) >= 11 is 0. The largest absolute Gasteiger partial charge is 0.367 e. The summed E-state index contributed by atoms with van der Waals surface area (Å²) in [4.78, 5) is 15.7. The lowest BCUT2D eigenvalue weighted by atomic mass is 10.2. The molecule has 0 aliphatic heterocycles. The molecule has 0 atom stereocenters. The predicted octanol–water partition coefficient (Wildman–Crippen LogP) is 0.899. The van der Waals surface area contributed by atoms with E-state index in [0.717, 1.165) is 0 Å². The lowest BCUT2D eigenvalue weighted by Gasteiger charge is -2.07. The molecular formula is C15H15N7O. The number of amides is 1. The van der Waals surface area contributed by atoms with Crippen molar-refractivity contribution >= 4 is 11.7 Å². The van der Waals surface area contributed by atoms with Crippen LogP contribution in [0, 0.1) is 0 Å². The van der Waals surface area contributed by atoms with Crippen LogP contribution < -0.4 is 10.6 Å². The lowest BCUT2D eigenvalue weighted by molar-refractivity contribution is 0.0955. The van der Waals surface area contributed by atoms with Gasteiger partial charge in [-0.05, 0) is 30.3 Å². The van der Waals surface area contributed by atoms with Crippen molar-refractivity contribution in [2.45, 2.75) is 0 Å². The Morgan fingerprint density at radius 3 is 2.61 bits per heavy atom. The molecule has 0 unspecified atom stereocenters. The number of rotatable bonds is 6. The van der Waals surface area contributed by atoms with E-state index in [4.69, 9.17) is 0 Å². The van der Waals surface area contributed by atoms with Crippen molar-refractivity contribution in [2.24, 2.45) is 0 Å². The number of nitrogens with one attached hydrogen (secondary N) is 2. The number of aromatic nitrogens is 5. The quantitative estimate of drug-likeness (QED) is 0.657. The zero-order valence-electron chi connectivity index (χ0n) is 12.3. The molecule has 8 heteroatoms. The molecule has 0 radical (unpaired) electrons. The molecule has 0 aliphatic carbocycles. The summed E-state index contributed by atoms with van der Waals surface area (Å²) in [5, 5.41) is 18.1. The van der Waals surface area contributed by atoms with Gasteiger partial charge in [-0.3, -0.25) is 9.78 Å². The SMILES string of the molecule is O=C(NCCNc1ccc(-n2cccn2)nn1)c1ccncc1. The van der Waals surface area contributed by atoms with Crippen LogP contribution in [0.2, 0.25) is 0 Å². The van der Waals surface area contributed by atoms with Gasteiger partial charge in [0.2, 0.25) is 0 Å². The van der Waals surface area contributed by atoms with Crippen LogP contribution in [-0.2, 0) is 0 Å². The molecular weight excluding hydrogens is 294 g/mol. The normalized spacial score (nSPS) is 10.3. The van der Waals surface area contributed by atoms with Gasteiger partial charge in [-0.1, -0.05) is 0 Å².